The number of rotatable bonds is 1. The Balaban J connectivity index is 3.46. The Labute approximate surface area is 101 Å². The van der Waals surface area contributed by atoms with Crippen LogP contribution in [-0.4, -0.2) is 0 Å². The first-order chi connectivity index (χ1) is 7.40. The molecule has 3 heteroatoms. The molecule has 1 aromatic rings. The van der Waals surface area contributed by atoms with E-state index in [2.05, 4.69) is 12.1 Å². The van der Waals surface area contributed by atoms with E-state index < -0.39 is 0 Å². The maximum atomic E-state index is 8.94. The molecular formula is C13H13ClN2. The van der Waals surface area contributed by atoms with Crippen LogP contribution in [0.3, 0.4) is 0 Å². The predicted octanol–water partition coefficient (Wildman–Crippen LogP) is 3.58. The molecule has 0 saturated heterocycles. The maximum Gasteiger partial charge on any atom is 0.0991 e. The van der Waals surface area contributed by atoms with Gasteiger partial charge in [-0.25, -0.2) is 0 Å². The second-order valence-corrected chi connectivity index (χ2v) is 5.07. The second kappa shape index (κ2) is 4.56. The van der Waals surface area contributed by atoms with Crippen molar-refractivity contribution in [2.75, 3.05) is 0 Å². The van der Waals surface area contributed by atoms with Crippen LogP contribution >= 0.6 is 11.6 Å². The van der Waals surface area contributed by atoms with Crippen LogP contribution in [0.2, 0.25) is 5.02 Å². The largest absolute Gasteiger partial charge is 0.198 e. The fourth-order valence-corrected chi connectivity index (χ4v) is 1.97. The van der Waals surface area contributed by atoms with Gasteiger partial charge in [-0.2, -0.15) is 10.5 Å². The lowest BCUT2D eigenvalue weighted by molar-refractivity contribution is 0.589. The fraction of sp³-hybridized carbons (Fsp3) is 0.385. The van der Waals surface area contributed by atoms with Crippen LogP contribution < -0.4 is 0 Å². The Morgan fingerprint density at radius 2 is 1.88 bits per heavy atom. The van der Waals surface area contributed by atoms with E-state index in [1.165, 1.54) is 0 Å². The fourth-order valence-electron chi connectivity index (χ4n) is 1.51. The molecule has 1 aromatic carbocycles. The molecule has 0 bridgehead atoms. The lowest BCUT2D eigenvalue weighted by atomic mass is 9.84. The van der Waals surface area contributed by atoms with Crippen molar-refractivity contribution in [1.29, 1.82) is 10.5 Å². The van der Waals surface area contributed by atoms with E-state index in [9.17, 15) is 0 Å². The third-order valence-corrected chi connectivity index (χ3v) is 2.80. The van der Waals surface area contributed by atoms with Crippen molar-refractivity contribution in [2.45, 2.75) is 32.6 Å². The van der Waals surface area contributed by atoms with Crippen LogP contribution in [0.25, 0.3) is 0 Å². The minimum atomic E-state index is -0.131. The van der Waals surface area contributed by atoms with Gasteiger partial charge < -0.3 is 0 Å². The summed E-state index contributed by atoms with van der Waals surface area (Å²) in [7, 11) is 0. The summed E-state index contributed by atoms with van der Waals surface area (Å²) in [5.41, 5.74) is 2.07. The first-order valence-electron chi connectivity index (χ1n) is 5.00. The number of hydrogen-bond donors (Lipinski definition) is 0. The van der Waals surface area contributed by atoms with E-state index >= 15 is 0 Å². The smallest absolute Gasteiger partial charge is 0.0991 e. The van der Waals surface area contributed by atoms with E-state index in [1.54, 1.807) is 12.1 Å². The Morgan fingerprint density at radius 3 is 2.31 bits per heavy atom. The molecule has 2 nitrogen and oxygen atoms in total. The van der Waals surface area contributed by atoms with Gasteiger partial charge in [0.15, 0.2) is 0 Å². The molecule has 0 aliphatic rings. The molecule has 0 spiro atoms. The number of hydrogen-bond acceptors (Lipinski definition) is 2. The first kappa shape index (κ1) is 12.6. The summed E-state index contributed by atoms with van der Waals surface area (Å²) >= 11 is 6.24. The van der Waals surface area contributed by atoms with Crippen LogP contribution in [-0.2, 0) is 11.8 Å². The van der Waals surface area contributed by atoms with Gasteiger partial charge in [0.1, 0.15) is 0 Å². The van der Waals surface area contributed by atoms with Crippen molar-refractivity contribution >= 4 is 11.6 Å². The molecule has 0 heterocycles. The Morgan fingerprint density at radius 1 is 1.25 bits per heavy atom. The van der Waals surface area contributed by atoms with Crippen molar-refractivity contribution in [3.8, 4) is 12.1 Å². The third kappa shape index (κ3) is 2.54. The number of benzene rings is 1. The van der Waals surface area contributed by atoms with Gasteiger partial charge in [-0.15, -0.1) is 0 Å². The lowest BCUT2D eigenvalue weighted by Gasteiger charge is -2.22. The zero-order chi connectivity index (χ0) is 12.3. The van der Waals surface area contributed by atoms with Gasteiger partial charge in [0.2, 0.25) is 0 Å². The molecule has 0 unspecified atom stereocenters. The lowest BCUT2D eigenvalue weighted by Crippen LogP contribution is -2.13. The zero-order valence-corrected chi connectivity index (χ0v) is 10.4. The van der Waals surface area contributed by atoms with Gasteiger partial charge in [-0.1, -0.05) is 32.4 Å². The van der Waals surface area contributed by atoms with Gasteiger partial charge >= 0.3 is 0 Å². The normalized spacial score (nSPS) is 10.6. The highest BCUT2D eigenvalue weighted by atomic mass is 35.5. The monoisotopic (exact) mass is 232 g/mol. The van der Waals surface area contributed by atoms with E-state index in [0.717, 1.165) is 11.1 Å². The van der Waals surface area contributed by atoms with E-state index in [0.29, 0.717) is 10.6 Å². The first-order valence-corrected chi connectivity index (χ1v) is 5.38. The van der Waals surface area contributed by atoms with Gasteiger partial charge in [0.25, 0.3) is 0 Å². The average molecular weight is 233 g/mol. The molecule has 0 aliphatic carbocycles. The summed E-state index contributed by atoms with van der Waals surface area (Å²) in [6.07, 6.45) is 0.234. The molecule has 0 amide bonds. The Hall–Kier alpha value is -1.51. The number of nitrogens with zero attached hydrogens (tertiary/aromatic N) is 2. The van der Waals surface area contributed by atoms with Crippen molar-refractivity contribution in [1.82, 2.24) is 0 Å². The SMILES string of the molecule is CC(C)(C)c1cc(C#N)cc(CC#N)c1Cl. The van der Waals surface area contributed by atoms with Crippen molar-refractivity contribution in [3.63, 3.8) is 0 Å². The van der Waals surface area contributed by atoms with Crippen LogP contribution in [0.15, 0.2) is 12.1 Å². The second-order valence-electron chi connectivity index (χ2n) is 4.69. The van der Waals surface area contributed by atoms with Crippen molar-refractivity contribution < 1.29 is 0 Å². The molecule has 0 N–H and O–H groups in total. The third-order valence-electron chi connectivity index (χ3n) is 2.35. The van der Waals surface area contributed by atoms with Gasteiger partial charge in [-0.05, 0) is 28.7 Å². The van der Waals surface area contributed by atoms with Crippen LogP contribution in [0.4, 0.5) is 0 Å². The van der Waals surface area contributed by atoms with Gasteiger partial charge in [-0.3, -0.25) is 0 Å². The molecule has 0 fully saturated rings. The summed E-state index contributed by atoms with van der Waals surface area (Å²) in [6.45, 7) is 6.10. The van der Waals surface area contributed by atoms with Crippen molar-refractivity contribution in [3.05, 3.63) is 33.8 Å². The summed E-state index contributed by atoms with van der Waals surface area (Å²) < 4.78 is 0. The minimum Gasteiger partial charge on any atom is -0.198 e. The maximum absolute atomic E-state index is 8.94. The topological polar surface area (TPSA) is 47.6 Å². The van der Waals surface area contributed by atoms with Crippen LogP contribution in [0.5, 0.6) is 0 Å². The highest BCUT2D eigenvalue weighted by Gasteiger charge is 2.20. The molecular weight excluding hydrogens is 220 g/mol. The number of halogens is 1. The Bertz CT molecular complexity index is 484. The minimum absolute atomic E-state index is 0.131. The molecule has 0 aromatic heterocycles. The molecule has 1 rings (SSSR count). The molecule has 0 radical (unpaired) electrons. The van der Waals surface area contributed by atoms with E-state index in [4.69, 9.17) is 22.1 Å². The summed E-state index contributed by atoms with van der Waals surface area (Å²) in [4.78, 5) is 0. The van der Waals surface area contributed by atoms with E-state index in [1.807, 2.05) is 20.8 Å². The standard InChI is InChI=1S/C13H13ClN2/c1-13(2,3)11-7-9(8-16)6-10(4-5-15)12(11)14/h6-7H,4H2,1-3H3. The molecule has 16 heavy (non-hydrogen) atoms. The highest BCUT2D eigenvalue weighted by molar-refractivity contribution is 6.32. The highest BCUT2D eigenvalue weighted by Crippen LogP contribution is 2.33. The molecule has 0 saturated carbocycles. The Kier molecular flexibility index (Phi) is 3.58. The van der Waals surface area contributed by atoms with Crippen LogP contribution in [0, 0.1) is 22.7 Å². The van der Waals surface area contributed by atoms with Crippen molar-refractivity contribution in [2.24, 2.45) is 0 Å². The summed E-state index contributed by atoms with van der Waals surface area (Å²) in [5, 5.41) is 18.2. The summed E-state index contributed by atoms with van der Waals surface area (Å²) in [6, 6.07) is 7.63. The average Bonchev–Trinajstić information content (AvgIpc) is 2.19. The predicted molar refractivity (Wildman–Crippen MR) is 64.2 cm³/mol. The molecule has 82 valence electrons. The van der Waals surface area contributed by atoms with Crippen LogP contribution in [0.1, 0.15) is 37.5 Å². The van der Waals surface area contributed by atoms with E-state index in [-0.39, 0.29) is 11.8 Å². The summed E-state index contributed by atoms with van der Waals surface area (Å²) in [5.74, 6) is 0. The quantitative estimate of drug-likeness (QED) is 0.743. The molecule has 0 aliphatic heterocycles. The number of nitriles is 2. The van der Waals surface area contributed by atoms with Gasteiger partial charge in [0.05, 0.1) is 24.1 Å². The zero-order valence-electron chi connectivity index (χ0n) is 9.63. The van der Waals surface area contributed by atoms with Gasteiger partial charge in [0, 0.05) is 5.02 Å². The molecule has 0 atom stereocenters.